The van der Waals surface area contributed by atoms with E-state index in [1.165, 1.54) is 7.11 Å². The van der Waals surface area contributed by atoms with E-state index in [0.29, 0.717) is 38.1 Å². The molecule has 1 unspecified atom stereocenters. The van der Waals surface area contributed by atoms with Crippen LogP contribution in [0.5, 0.6) is 5.75 Å². The third-order valence-corrected chi connectivity index (χ3v) is 4.68. The van der Waals surface area contributed by atoms with Gasteiger partial charge >= 0.3 is 13.5 Å². The Bertz CT molecular complexity index is 736. The van der Waals surface area contributed by atoms with Gasteiger partial charge in [0.15, 0.2) is 0 Å². The van der Waals surface area contributed by atoms with Gasteiger partial charge in [-0.25, -0.2) is 4.79 Å². The monoisotopic (exact) mass is 344 g/mol. The summed E-state index contributed by atoms with van der Waals surface area (Å²) >= 11 is 1.55. The average molecular weight is 344 g/mol. The summed E-state index contributed by atoms with van der Waals surface area (Å²) in [6.45, 7) is 0. The first-order chi connectivity index (χ1) is 11.7. The number of benzene rings is 1. The molecule has 0 saturated heterocycles. The van der Waals surface area contributed by atoms with Gasteiger partial charge in [0, 0.05) is 23.4 Å². The van der Waals surface area contributed by atoms with Crippen molar-refractivity contribution in [1.82, 2.24) is 10.3 Å². The van der Waals surface area contributed by atoms with Crippen LogP contribution >= 0.6 is 11.3 Å². The highest BCUT2D eigenvalue weighted by Crippen LogP contribution is 2.28. The van der Waals surface area contributed by atoms with E-state index in [9.17, 15) is 9.59 Å². The SMILES string of the molecule is COC(=O)c1cccc2c1OBC(NC(=O)CCc1cncs1)C2. The second kappa shape index (κ2) is 7.48. The van der Waals surface area contributed by atoms with Crippen LogP contribution in [0.25, 0.3) is 0 Å². The first-order valence-electron chi connectivity index (χ1n) is 7.67. The smallest absolute Gasteiger partial charge is 0.363 e. The first kappa shape index (κ1) is 16.5. The molecule has 0 radical (unpaired) electrons. The van der Waals surface area contributed by atoms with Crippen LogP contribution in [-0.2, 0) is 22.4 Å². The highest BCUT2D eigenvalue weighted by molar-refractivity contribution is 7.09. The maximum atomic E-state index is 12.1. The molecular weight excluding hydrogens is 327 g/mol. The van der Waals surface area contributed by atoms with Crippen molar-refractivity contribution in [2.24, 2.45) is 0 Å². The topological polar surface area (TPSA) is 77.5 Å². The number of hydrogen-bond donors (Lipinski definition) is 1. The standard InChI is InChI=1S/C16H17BN2O4S/c1-22-16(21)12-4-2-3-10-7-13(17-23-15(10)12)19-14(20)6-5-11-8-18-9-24-11/h2-4,8-9,13,17H,5-7H2,1H3,(H,19,20). The third kappa shape index (κ3) is 3.76. The van der Waals surface area contributed by atoms with E-state index < -0.39 is 5.97 Å². The van der Waals surface area contributed by atoms with E-state index in [4.69, 9.17) is 9.39 Å². The summed E-state index contributed by atoms with van der Waals surface area (Å²) in [4.78, 5) is 28.9. The number of amides is 1. The Hall–Kier alpha value is -2.35. The van der Waals surface area contributed by atoms with Crippen molar-refractivity contribution in [3.05, 3.63) is 45.9 Å². The van der Waals surface area contributed by atoms with E-state index in [1.54, 1.807) is 35.2 Å². The summed E-state index contributed by atoms with van der Waals surface area (Å²) in [7, 11) is 1.68. The number of rotatable bonds is 5. The van der Waals surface area contributed by atoms with Crippen LogP contribution in [0.15, 0.2) is 29.9 Å². The van der Waals surface area contributed by atoms with Gasteiger partial charge in [-0.3, -0.25) is 9.78 Å². The van der Waals surface area contributed by atoms with Crippen molar-refractivity contribution in [2.75, 3.05) is 7.11 Å². The van der Waals surface area contributed by atoms with Crippen molar-refractivity contribution in [1.29, 1.82) is 0 Å². The summed E-state index contributed by atoms with van der Waals surface area (Å²) in [5, 5.41) is 2.99. The number of ether oxygens (including phenoxy) is 1. The van der Waals surface area contributed by atoms with E-state index >= 15 is 0 Å². The number of aromatic nitrogens is 1. The minimum Gasteiger partial charge on any atom is -0.561 e. The number of carbonyl (C=O) groups excluding carboxylic acids is 2. The molecule has 1 aliphatic heterocycles. The lowest BCUT2D eigenvalue weighted by atomic mass is 9.79. The lowest BCUT2D eigenvalue weighted by molar-refractivity contribution is -0.121. The summed E-state index contributed by atoms with van der Waals surface area (Å²) in [5.41, 5.74) is 3.08. The molecule has 1 aromatic heterocycles. The molecule has 1 atom stereocenters. The lowest BCUT2D eigenvalue weighted by Crippen LogP contribution is -2.45. The second-order valence-electron chi connectivity index (χ2n) is 5.53. The summed E-state index contributed by atoms with van der Waals surface area (Å²) in [6, 6.07) is 5.37. The largest absolute Gasteiger partial charge is 0.561 e. The van der Waals surface area contributed by atoms with Gasteiger partial charge in [-0.2, -0.15) is 0 Å². The number of nitrogens with one attached hydrogen (secondary N) is 1. The Morgan fingerprint density at radius 3 is 3.12 bits per heavy atom. The van der Waals surface area contributed by atoms with Gasteiger partial charge in [-0.05, 0) is 24.5 Å². The molecule has 1 N–H and O–H groups in total. The van der Waals surface area contributed by atoms with Crippen molar-refractivity contribution < 1.29 is 19.0 Å². The molecule has 3 rings (SSSR count). The first-order valence-corrected chi connectivity index (χ1v) is 8.55. The Morgan fingerprint density at radius 2 is 2.38 bits per heavy atom. The predicted molar refractivity (Wildman–Crippen MR) is 91.6 cm³/mol. The highest BCUT2D eigenvalue weighted by atomic mass is 32.1. The molecule has 1 amide bonds. The quantitative estimate of drug-likeness (QED) is 0.653. The Balaban J connectivity index is 1.59. The van der Waals surface area contributed by atoms with Gasteiger partial charge in [0.25, 0.3) is 0 Å². The van der Waals surface area contributed by atoms with Crippen LogP contribution in [0.4, 0.5) is 0 Å². The van der Waals surface area contributed by atoms with Crippen LogP contribution in [0, 0.1) is 0 Å². The molecule has 1 aromatic carbocycles. The number of hydrogen-bond acceptors (Lipinski definition) is 6. The van der Waals surface area contributed by atoms with E-state index in [-0.39, 0.29) is 11.8 Å². The normalized spacial score (nSPS) is 15.6. The second-order valence-corrected chi connectivity index (χ2v) is 6.50. The predicted octanol–water partition coefficient (Wildman–Crippen LogP) is 1.29. The number of fused-ring (bicyclic) bond motifs is 1. The maximum Gasteiger partial charge on any atom is 0.363 e. The molecular formula is C16H17BN2O4S. The number of methoxy groups -OCH3 is 1. The Morgan fingerprint density at radius 1 is 1.50 bits per heavy atom. The van der Waals surface area contributed by atoms with Gasteiger partial charge in [0.05, 0.1) is 12.6 Å². The van der Waals surface area contributed by atoms with Crippen LogP contribution < -0.4 is 9.97 Å². The lowest BCUT2D eigenvalue weighted by Gasteiger charge is -2.26. The van der Waals surface area contributed by atoms with E-state index in [1.807, 2.05) is 6.07 Å². The number of thiazole rings is 1. The molecule has 24 heavy (non-hydrogen) atoms. The molecule has 0 saturated carbocycles. The minimum atomic E-state index is -0.418. The number of aryl methyl sites for hydroxylation is 1. The maximum absolute atomic E-state index is 12.1. The fourth-order valence-electron chi connectivity index (χ4n) is 2.69. The number of esters is 1. The highest BCUT2D eigenvalue weighted by Gasteiger charge is 2.27. The Labute approximate surface area is 144 Å². The number of nitrogens with zero attached hydrogens (tertiary/aromatic N) is 1. The van der Waals surface area contributed by atoms with E-state index in [0.717, 1.165) is 10.4 Å². The zero-order valence-electron chi connectivity index (χ0n) is 13.3. The van der Waals surface area contributed by atoms with Gasteiger partial charge in [-0.1, -0.05) is 12.1 Å². The van der Waals surface area contributed by atoms with Crippen LogP contribution in [-0.4, -0.2) is 37.4 Å². The molecule has 2 heterocycles. The number of carbonyl (C=O) groups is 2. The van der Waals surface area contributed by atoms with Crippen LogP contribution in [0.3, 0.4) is 0 Å². The Kier molecular flexibility index (Phi) is 5.15. The van der Waals surface area contributed by atoms with Gasteiger partial charge in [-0.15, -0.1) is 11.3 Å². The molecule has 124 valence electrons. The molecule has 1 aliphatic rings. The average Bonchev–Trinajstić information content (AvgIpc) is 3.12. The third-order valence-electron chi connectivity index (χ3n) is 3.84. The molecule has 8 heteroatoms. The van der Waals surface area contributed by atoms with Crippen molar-refractivity contribution in [3.8, 4) is 5.75 Å². The zero-order valence-corrected chi connectivity index (χ0v) is 14.1. The van der Waals surface area contributed by atoms with Gasteiger partial charge in [0.2, 0.25) is 5.91 Å². The summed E-state index contributed by atoms with van der Waals surface area (Å²) in [5.74, 6) is 0.0299. The molecule has 2 aromatic rings. The van der Waals surface area contributed by atoms with Crippen molar-refractivity contribution >= 4 is 30.7 Å². The zero-order chi connectivity index (χ0) is 16.9. The van der Waals surface area contributed by atoms with Gasteiger partial charge < -0.3 is 14.7 Å². The molecule has 0 fully saturated rings. The summed E-state index contributed by atoms with van der Waals surface area (Å²) < 4.78 is 10.5. The molecule has 6 nitrogen and oxygen atoms in total. The van der Waals surface area contributed by atoms with E-state index in [2.05, 4.69) is 10.3 Å². The fourth-order valence-corrected chi connectivity index (χ4v) is 3.29. The van der Waals surface area contributed by atoms with Crippen LogP contribution in [0.2, 0.25) is 0 Å². The number of para-hydroxylation sites is 1. The summed E-state index contributed by atoms with van der Waals surface area (Å²) in [6.07, 6.45) is 3.53. The van der Waals surface area contributed by atoms with Gasteiger partial charge in [0.1, 0.15) is 11.3 Å². The minimum absolute atomic E-state index is 0.00966. The van der Waals surface area contributed by atoms with Crippen molar-refractivity contribution in [3.63, 3.8) is 0 Å². The molecule has 0 spiro atoms. The van der Waals surface area contributed by atoms with Crippen LogP contribution in [0.1, 0.15) is 27.2 Å². The molecule has 0 aliphatic carbocycles. The fraction of sp³-hybridized carbons (Fsp3) is 0.312. The molecule has 0 bridgehead atoms. The van der Waals surface area contributed by atoms with Crippen molar-refractivity contribution in [2.45, 2.75) is 25.2 Å².